The van der Waals surface area contributed by atoms with Crippen molar-refractivity contribution >= 4 is 5.91 Å². The van der Waals surface area contributed by atoms with Crippen molar-refractivity contribution in [3.05, 3.63) is 53.4 Å². The van der Waals surface area contributed by atoms with Crippen LogP contribution in [0.4, 0.5) is 0 Å². The molecule has 2 heterocycles. The van der Waals surface area contributed by atoms with Crippen LogP contribution in [-0.4, -0.2) is 29.1 Å². The maximum atomic E-state index is 12.4. The molecule has 1 aliphatic heterocycles. The molecule has 0 radical (unpaired) electrons. The summed E-state index contributed by atoms with van der Waals surface area (Å²) in [5, 5.41) is 3.89. The normalized spacial score (nSPS) is 22.0. The minimum Gasteiger partial charge on any atom is -0.361 e. The van der Waals surface area contributed by atoms with Crippen molar-refractivity contribution in [2.75, 3.05) is 7.05 Å². The second-order valence-corrected chi connectivity index (χ2v) is 5.86. The average molecular weight is 284 g/mol. The fraction of sp³-hybridized carbons (Fsp3) is 0.412. The second-order valence-electron chi connectivity index (χ2n) is 5.86. The van der Waals surface area contributed by atoms with E-state index >= 15 is 0 Å². The first kappa shape index (κ1) is 13.9. The van der Waals surface area contributed by atoms with Gasteiger partial charge in [0.2, 0.25) is 5.91 Å². The van der Waals surface area contributed by atoms with E-state index in [1.165, 1.54) is 5.56 Å². The lowest BCUT2D eigenvalue weighted by molar-refractivity contribution is -0.130. The molecule has 1 aromatic carbocycles. The van der Waals surface area contributed by atoms with E-state index in [9.17, 15) is 4.79 Å². The van der Waals surface area contributed by atoms with Gasteiger partial charge in [-0.3, -0.25) is 4.79 Å². The Kier molecular flexibility index (Phi) is 3.78. The molecular formula is C17H20N2O2. The molecule has 4 nitrogen and oxygen atoms in total. The van der Waals surface area contributed by atoms with Gasteiger partial charge >= 0.3 is 0 Å². The Hall–Kier alpha value is -2.10. The highest BCUT2D eigenvalue weighted by atomic mass is 16.5. The summed E-state index contributed by atoms with van der Waals surface area (Å²) in [6.07, 6.45) is 2.44. The fourth-order valence-electron chi connectivity index (χ4n) is 3.09. The lowest BCUT2D eigenvalue weighted by atomic mass is 9.96. The van der Waals surface area contributed by atoms with Gasteiger partial charge in [0.15, 0.2) is 0 Å². The highest BCUT2D eigenvalue weighted by molar-refractivity contribution is 5.81. The Morgan fingerprint density at radius 3 is 2.71 bits per heavy atom. The maximum absolute atomic E-state index is 12.4. The summed E-state index contributed by atoms with van der Waals surface area (Å²) in [6.45, 7) is 1.90. The quantitative estimate of drug-likeness (QED) is 0.867. The monoisotopic (exact) mass is 284 g/mol. The Balaban J connectivity index is 1.67. The molecule has 0 bridgehead atoms. The van der Waals surface area contributed by atoms with Crippen molar-refractivity contribution < 1.29 is 9.32 Å². The molecule has 21 heavy (non-hydrogen) atoms. The molecule has 0 aliphatic carbocycles. The molecule has 1 saturated heterocycles. The zero-order valence-corrected chi connectivity index (χ0v) is 12.5. The summed E-state index contributed by atoms with van der Waals surface area (Å²) < 4.78 is 5.24. The van der Waals surface area contributed by atoms with Crippen molar-refractivity contribution in [2.24, 2.45) is 5.92 Å². The van der Waals surface area contributed by atoms with E-state index in [1.54, 1.807) is 0 Å². The molecule has 1 fully saturated rings. The zero-order valence-electron chi connectivity index (χ0n) is 12.5. The Morgan fingerprint density at radius 2 is 2.05 bits per heavy atom. The van der Waals surface area contributed by atoms with Crippen LogP contribution in [0.2, 0.25) is 0 Å². The number of hydrogen-bond acceptors (Lipinski definition) is 3. The van der Waals surface area contributed by atoms with Gasteiger partial charge in [-0.25, -0.2) is 0 Å². The summed E-state index contributed by atoms with van der Waals surface area (Å²) in [5.74, 6) is 1.03. The molecule has 110 valence electrons. The van der Waals surface area contributed by atoms with Crippen LogP contribution in [0.1, 0.15) is 23.4 Å². The first-order valence-corrected chi connectivity index (χ1v) is 7.36. The molecule has 3 rings (SSSR count). The number of carbonyl (C=O) groups excluding carboxylic acids is 1. The highest BCUT2D eigenvalue weighted by Gasteiger charge is 2.37. The van der Waals surface area contributed by atoms with Crippen molar-refractivity contribution in [3.8, 4) is 0 Å². The van der Waals surface area contributed by atoms with E-state index in [0.717, 1.165) is 24.3 Å². The van der Waals surface area contributed by atoms with E-state index in [4.69, 9.17) is 4.52 Å². The second kappa shape index (κ2) is 5.72. The van der Waals surface area contributed by atoms with Crippen LogP contribution in [0.3, 0.4) is 0 Å². The Labute approximate surface area is 124 Å². The lowest BCUT2D eigenvalue weighted by Crippen LogP contribution is -2.31. The van der Waals surface area contributed by atoms with Crippen LogP contribution in [0.5, 0.6) is 0 Å². The highest BCUT2D eigenvalue weighted by Crippen LogP contribution is 2.28. The van der Waals surface area contributed by atoms with Crippen molar-refractivity contribution in [2.45, 2.75) is 32.2 Å². The van der Waals surface area contributed by atoms with Gasteiger partial charge in [0.25, 0.3) is 0 Å². The van der Waals surface area contributed by atoms with Gasteiger partial charge in [-0.05, 0) is 25.3 Å². The Morgan fingerprint density at radius 1 is 1.29 bits per heavy atom. The molecule has 0 spiro atoms. The summed E-state index contributed by atoms with van der Waals surface area (Å²) in [6, 6.07) is 12.5. The minimum absolute atomic E-state index is 0.0102. The molecule has 1 amide bonds. The van der Waals surface area contributed by atoms with Gasteiger partial charge in [0, 0.05) is 31.5 Å². The third-order valence-electron chi connectivity index (χ3n) is 4.24. The van der Waals surface area contributed by atoms with Crippen molar-refractivity contribution in [1.82, 2.24) is 10.1 Å². The van der Waals surface area contributed by atoms with Crippen LogP contribution in [0, 0.1) is 12.8 Å². The number of aryl methyl sites for hydroxylation is 1. The van der Waals surface area contributed by atoms with Gasteiger partial charge in [-0.1, -0.05) is 35.5 Å². The number of carbonyl (C=O) groups is 1. The standard InChI is InChI=1S/C17H20N2O2/c1-12-8-16(21-18-12)11-14-10-15(19(2)17(14)20)9-13-6-4-3-5-7-13/h3-8,14-15H,9-11H2,1-2H3/t14?,15-/m0/s1. The maximum Gasteiger partial charge on any atom is 0.226 e. The summed E-state index contributed by atoms with van der Waals surface area (Å²) in [4.78, 5) is 14.3. The number of hydrogen-bond donors (Lipinski definition) is 0. The van der Waals surface area contributed by atoms with Gasteiger partial charge in [-0.2, -0.15) is 0 Å². The molecule has 2 atom stereocenters. The van der Waals surface area contributed by atoms with Crippen LogP contribution < -0.4 is 0 Å². The number of likely N-dealkylation sites (N-methyl/N-ethyl adjacent to an activating group) is 1. The molecule has 4 heteroatoms. The topological polar surface area (TPSA) is 46.3 Å². The molecule has 2 aromatic rings. The predicted molar refractivity (Wildman–Crippen MR) is 79.8 cm³/mol. The van der Waals surface area contributed by atoms with E-state index in [1.807, 2.05) is 43.1 Å². The van der Waals surface area contributed by atoms with Crippen molar-refractivity contribution in [3.63, 3.8) is 0 Å². The van der Waals surface area contributed by atoms with Gasteiger partial charge in [0.1, 0.15) is 5.76 Å². The third-order valence-corrected chi connectivity index (χ3v) is 4.24. The molecule has 1 aromatic heterocycles. The van der Waals surface area contributed by atoms with Crippen molar-refractivity contribution in [1.29, 1.82) is 0 Å². The number of amides is 1. The fourth-order valence-corrected chi connectivity index (χ4v) is 3.09. The van der Waals surface area contributed by atoms with Crippen LogP contribution in [0.15, 0.2) is 40.9 Å². The first-order chi connectivity index (χ1) is 10.1. The SMILES string of the molecule is Cc1cc(CC2C[C@H](Cc3ccccc3)N(C)C2=O)on1. The first-order valence-electron chi connectivity index (χ1n) is 7.36. The van der Waals surface area contributed by atoms with Gasteiger partial charge < -0.3 is 9.42 Å². The number of rotatable bonds is 4. The molecule has 1 unspecified atom stereocenters. The molecule has 0 N–H and O–H groups in total. The number of benzene rings is 1. The number of nitrogens with zero attached hydrogens (tertiary/aromatic N) is 2. The van der Waals surface area contributed by atoms with Crippen LogP contribution >= 0.6 is 0 Å². The summed E-state index contributed by atoms with van der Waals surface area (Å²) >= 11 is 0. The van der Waals surface area contributed by atoms with E-state index in [0.29, 0.717) is 6.42 Å². The smallest absolute Gasteiger partial charge is 0.226 e. The number of likely N-dealkylation sites (tertiary alicyclic amines) is 1. The van der Waals surface area contributed by atoms with Crippen LogP contribution in [-0.2, 0) is 17.6 Å². The average Bonchev–Trinajstić information content (AvgIpc) is 3.00. The largest absolute Gasteiger partial charge is 0.361 e. The predicted octanol–water partition coefficient (Wildman–Crippen LogP) is 2.62. The molecule has 0 saturated carbocycles. The molecular weight excluding hydrogens is 264 g/mol. The Bertz CT molecular complexity index is 621. The summed E-state index contributed by atoms with van der Waals surface area (Å²) in [5.41, 5.74) is 2.14. The van der Waals surface area contributed by atoms with Gasteiger partial charge in [0.05, 0.1) is 5.69 Å². The minimum atomic E-state index is 0.0102. The molecule has 1 aliphatic rings. The lowest BCUT2D eigenvalue weighted by Gasteiger charge is -2.19. The third kappa shape index (κ3) is 2.99. The van der Waals surface area contributed by atoms with E-state index in [-0.39, 0.29) is 17.9 Å². The van der Waals surface area contributed by atoms with E-state index in [2.05, 4.69) is 17.3 Å². The zero-order chi connectivity index (χ0) is 14.8. The van der Waals surface area contributed by atoms with E-state index < -0.39 is 0 Å². The van der Waals surface area contributed by atoms with Crippen LogP contribution in [0.25, 0.3) is 0 Å². The number of aromatic nitrogens is 1. The van der Waals surface area contributed by atoms with Gasteiger partial charge in [-0.15, -0.1) is 0 Å². The summed E-state index contributed by atoms with van der Waals surface area (Å²) in [7, 11) is 1.90.